The fourth-order valence-corrected chi connectivity index (χ4v) is 1.37. The first-order valence-electron chi connectivity index (χ1n) is 3.54. The molecule has 2 N–H and O–H groups in total. The first kappa shape index (κ1) is 9.84. The molecule has 4 heteroatoms. The van der Waals surface area contributed by atoms with Crippen LogP contribution in [0.3, 0.4) is 0 Å². The van der Waals surface area contributed by atoms with Gasteiger partial charge in [0.25, 0.3) is 0 Å². The third-order valence-electron chi connectivity index (χ3n) is 1.36. The number of rotatable bonds is 3. The van der Waals surface area contributed by atoms with Gasteiger partial charge in [-0.3, -0.25) is 0 Å². The summed E-state index contributed by atoms with van der Waals surface area (Å²) in [6.07, 6.45) is 0. The molecule has 0 heterocycles. The third kappa shape index (κ3) is 2.66. The number of nitrogens with one attached hydrogen (secondary N) is 1. The lowest BCUT2D eigenvalue weighted by Crippen LogP contribution is -2.05. The summed E-state index contributed by atoms with van der Waals surface area (Å²) in [4.78, 5) is 0. The molecule has 1 aromatic rings. The summed E-state index contributed by atoms with van der Waals surface area (Å²) in [7, 11) is 0. The standard InChI is InChI=1S/C8H9BrClNO/c9-6-1-2-7(10)8(5-6)11-3-4-12/h1-2,5,11-12H,3-4H2. The molecular weight excluding hydrogens is 241 g/mol. The van der Waals surface area contributed by atoms with Gasteiger partial charge in [0, 0.05) is 11.0 Å². The molecule has 0 atom stereocenters. The Hall–Kier alpha value is -0.250. The second-order valence-corrected chi connectivity index (χ2v) is 3.60. The zero-order valence-corrected chi connectivity index (χ0v) is 8.69. The fourth-order valence-electron chi connectivity index (χ4n) is 0.824. The van der Waals surface area contributed by atoms with Gasteiger partial charge in [-0.2, -0.15) is 0 Å². The molecule has 1 aromatic carbocycles. The van der Waals surface area contributed by atoms with Crippen molar-refractivity contribution in [2.45, 2.75) is 0 Å². The highest BCUT2D eigenvalue weighted by molar-refractivity contribution is 9.10. The second-order valence-electron chi connectivity index (χ2n) is 2.27. The van der Waals surface area contributed by atoms with Crippen molar-refractivity contribution < 1.29 is 5.11 Å². The van der Waals surface area contributed by atoms with E-state index in [1.165, 1.54) is 0 Å². The zero-order valence-electron chi connectivity index (χ0n) is 6.35. The van der Waals surface area contributed by atoms with Gasteiger partial charge in [-0.15, -0.1) is 0 Å². The average Bonchev–Trinajstić information content (AvgIpc) is 2.07. The van der Waals surface area contributed by atoms with E-state index in [-0.39, 0.29) is 6.61 Å². The maximum absolute atomic E-state index is 8.57. The quantitative estimate of drug-likeness (QED) is 0.864. The molecule has 0 unspecified atom stereocenters. The largest absolute Gasteiger partial charge is 0.395 e. The van der Waals surface area contributed by atoms with Gasteiger partial charge >= 0.3 is 0 Å². The highest BCUT2D eigenvalue weighted by atomic mass is 79.9. The molecule has 0 saturated carbocycles. The lowest BCUT2D eigenvalue weighted by molar-refractivity contribution is 0.311. The minimum absolute atomic E-state index is 0.100. The van der Waals surface area contributed by atoms with Gasteiger partial charge < -0.3 is 10.4 Å². The molecule has 0 spiro atoms. The van der Waals surface area contributed by atoms with Crippen molar-refractivity contribution in [1.29, 1.82) is 0 Å². The lowest BCUT2D eigenvalue weighted by atomic mass is 10.3. The van der Waals surface area contributed by atoms with E-state index in [1.54, 1.807) is 6.07 Å². The Balaban J connectivity index is 2.75. The van der Waals surface area contributed by atoms with E-state index < -0.39 is 0 Å². The Labute approximate surface area is 84.7 Å². The van der Waals surface area contributed by atoms with E-state index >= 15 is 0 Å². The SMILES string of the molecule is OCCNc1cc(Br)ccc1Cl. The van der Waals surface area contributed by atoms with Gasteiger partial charge in [0.1, 0.15) is 0 Å². The Morgan fingerprint density at radius 2 is 2.25 bits per heavy atom. The molecule has 0 saturated heterocycles. The summed E-state index contributed by atoms with van der Waals surface area (Å²) >= 11 is 9.19. The van der Waals surface area contributed by atoms with Gasteiger partial charge in [-0.05, 0) is 18.2 Å². The van der Waals surface area contributed by atoms with Crippen LogP contribution < -0.4 is 5.32 Å². The van der Waals surface area contributed by atoms with Crippen LogP contribution in [0.4, 0.5) is 5.69 Å². The van der Waals surface area contributed by atoms with Gasteiger partial charge in [-0.1, -0.05) is 27.5 Å². The number of anilines is 1. The first-order chi connectivity index (χ1) is 5.74. The summed E-state index contributed by atoms with van der Waals surface area (Å²) in [6, 6.07) is 5.54. The predicted molar refractivity (Wildman–Crippen MR) is 54.7 cm³/mol. The Morgan fingerprint density at radius 3 is 2.92 bits per heavy atom. The van der Waals surface area contributed by atoms with Crippen LogP contribution in [0, 0.1) is 0 Å². The van der Waals surface area contributed by atoms with E-state index in [0.29, 0.717) is 11.6 Å². The first-order valence-corrected chi connectivity index (χ1v) is 4.71. The van der Waals surface area contributed by atoms with Gasteiger partial charge in [-0.25, -0.2) is 0 Å². The van der Waals surface area contributed by atoms with Crippen LogP contribution in [0.1, 0.15) is 0 Å². The molecule has 0 aliphatic rings. The van der Waals surface area contributed by atoms with Crippen molar-refractivity contribution in [1.82, 2.24) is 0 Å². The maximum Gasteiger partial charge on any atom is 0.0638 e. The molecule has 66 valence electrons. The summed E-state index contributed by atoms with van der Waals surface area (Å²) in [6.45, 7) is 0.610. The Bertz CT molecular complexity index is 267. The number of hydrogen-bond donors (Lipinski definition) is 2. The summed E-state index contributed by atoms with van der Waals surface area (Å²) in [5.74, 6) is 0. The third-order valence-corrected chi connectivity index (χ3v) is 2.18. The molecule has 1 rings (SSSR count). The number of hydrogen-bond acceptors (Lipinski definition) is 2. The summed E-state index contributed by atoms with van der Waals surface area (Å²) in [5, 5.41) is 12.2. The van der Waals surface area contributed by atoms with Crippen LogP contribution in [-0.2, 0) is 0 Å². The van der Waals surface area contributed by atoms with Gasteiger partial charge in [0.2, 0.25) is 0 Å². The van der Waals surface area contributed by atoms with E-state index in [0.717, 1.165) is 10.2 Å². The monoisotopic (exact) mass is 249 g/mol. The lowest BCUT2D eigenvalue weighted by Gasteiger charge is -2.06. The molecular formula is C8H9BrClNO. The van der Waals surface area contributed by atoms with Crippen molar-refractivity contribution in [3.8, 4) is 0 Å². The highest BCUT2D eigenvalue weighted by Crippen LogP contribution is 2.25. The Kier molecular flexibility index (Phi) is 3.85. The molecule has 0 bridgehead atoms. The van der Waals surface area contributed by atoms with E-state index in [2.05, 4.69) is 21.2 Å². The van der Waals surface area contributed by atoms with Crippen molar-refractivity contribution in [3.05, 3.63) is 27.7 Å². The maximum atomic E-state index is 8.57. The summed E-state index contributed by atoms with van der Waals surface area (Å²) in [5.41, 5.74) is 0.833. The van der Waals surface area contributed by atoms with E-state index in [1.807, 2.05) is 12.1 Å². The number of aliphatic hydroxyl groups excluding tert-OH is 1. The predicted octanol–water partition coefficient (Wildman–Crippen LogP) is 2.51. The fraction of sp³-hybridized carbons (Fsp3) is 0.250. The van der Waals surface area contributed by atoms with Crippen LogP contribution in [0.2, 0.25) is 5.02 Å². The Morgan fingerprint density at radius 1 is 1.50 bits per heavy atom. The number of benzene rings is 1. The summed E-state index contributed by atoms with van der Waals surface area (Å²) < 4.78 is 0.965. The van der Waals surface area contributed by atoms with Gasteiger partial charge in [0.05, 0.1) is 17.3 Å². The molecule has 0 amide bonds. The molecule has 0 aromatic heterocycles. The highest BCUT2D eigenvalue weighted by Gasteiger charge is 1.98. The van der Waals surface area contributed by atoms with Crippen molar-refractivity contribution in [3.63, 3.8) is 0 Å². The molecule has 12 heavy (non-hydrogen) atoms. The minimum atomic E-state index is 0.100. The average molecular weight is 251 g/mol. The van der Waals surface area contributed by atoms with Crippen LogP contribution >= 0.6 is 27.5 Å². The number of aliphatic hydroxyl groups is 1. The van der Waals surface area contributed by atoms with E-state index in [9.17, 15) is 0 Å². The smallest absolute Gasteiger partial charge is 0.0638 e. The topological polar surface area (TPSA) is 32.3 Å². The van der Waals surface area contributed by atoms with Crippen LogP contribution in [0.5, 0.6) is 0 Å². The van der Waals surface area contributed by atoms with Crippen LogP contribution in [0.15, 0.2) is 22.7 Å². The normalized spacial score (nSPS) is 9.92. The molecule has 0 fully saturated rings. The second kappa shape index (κ2) is 4.70. The zero-order chi connectivity index (χ0) is 8.97. The molecule has 0 aliphatic carbocycles. The van der Waals surface area contributed by atoms with Crippen molar-refractivity contribution in [2.24, 2.45) is 0 Å². The molecule has 0 radical (unpaired) electrons. The van der Waals surface area contributed by atoms with Crippen LogP contribution in [0.25, 0.3) is 0 Å². The molecule has 2 nitrogen and oxygen atoms in total. The molecule has 0 aliphatic heterocycles. The van der Waals surface area contributed by atoms with E-state index in [4.69, 9.17) is 16.7 Å². The van der Waals surface area contributed by atoms with Gasteiger partial charge in [0.15, 0.2) is 0 Å². The van der Waals surface area contributed by atoms with Crippen molar-refractivity contribution in [2.75, 3.05) is 18.5 Å². The minimum Gasteiger partial charge on any atom is -0.395 e. The van der Waals surface area contributed by atoms with Crippen LogP contribution in [-0.4, -0.2) is 18.3 Å². The number of halogens is 2. The van der Waals surface area contributed by atoms with Crippen molar-refractivity contribution >= 4 is 33.2 Å².